The molecule has 5 heterocycles. The number of nitrogens with zero attached hydrogens (tertiary/aromatic N) is 5. The van der Waals surface area contributed by atoms with Crippen molar-refractivity contribution in [3.05, 3.63) is 72.3 Å². The molecule has 3 aromatic carbocycles. The van der Waals surface area contributed by atoms with Gasteiger partial charge in [0.05, 0.1) is 23.1 Å². The molecule has 0 radical (unpaired) electrons. The molecular weight excluding hydrogens is 546 g/mol. The standard InChI is InChI=1S/C34H34ClN5O2/c1-2-30(41)39-18-13-28-29(39)20-40(28)32-25-12-11-23(24-9-3-7-22-8-4-10-26(35)31(22)24)19-27(25)36-33(37-32)42-21-34-14-5-16-38(34)17-6-15-34/h2-4,7-12,19,28-29H,1,5-6,13-18,20-21H2/t28?,29-/m1/s1. The fraction of sp³-hybridized carbons (Fsp3) is 0.382. The van der Waals surface area contributed by atoms with E-state index in [4.69, 9.17) is 26.3 Å². The van der Waals surface area contributed by atoms with Crippen molar-refractivity contribution in [2.75, 3.05) is 37.7 Å². The van der Waals surface area contributed by atoms with E-state index in [2.05, 4.69) is 58.8 Å². The summed E-state index contributed by atoms with van der Waals surface area (Å²) in [7, 11) is 0. The van der Waals surface area contributed by atoms with Crippen molar-refractivity contribution in [1.29, 1.82) is 0 Å². The van der Waals surface area contributed by atoms with Gasteiger partial charge in [-0.05, 0) is 86.0 Å². The lowest BCUT2D eigenvalue weighted by atomic mass is 9.95. The molecule has 4 fully saturated rings. The van der Waals surface area contributed by atoms with Crippen molar-refractivity contribution in [1.82, 2.24) is 19.8 Å². The second kappa shape index (κ2) is 9.96. The highest BCUT2D eigenvalue weighted by atomic mass is 35.5. The Hall–Kier alpha value is -3.68. The third kappa shape index (κ3) is 4.01. The van der Waals surface area contributed by atoms with Crippen molar-refractivity contribution in [3.63, 3.8) is 0 Å². The van der Waals surface area contributed by atoms with Crippen LogP contribution in [-0.2, 0) is 4.79 Å². The summed E-state index contributed by atoms with van der Waals surface area (Å²) in [5.41, 5.74) is 3.09. The van der Waals surface area contributed by atoms with Crippen molar-refractivity contribution >= 4 is 45.0 Å². The normalized spacial score (nSPS) is 22.8. The number of likely N-dealkylation sites (tertiary alicyclic amines) is 1. The monoisotopic (exact) mass is 579 g/mol. The number of ether oxygens (including phenoxy) is 1. The van der Waals surface area contributed by atoms with E-state index < -0.39 is 0 Å². The topological polar surface area (TPSA) is 61.8 Å². The van der Waals surface area contributed by atoms with Gasteiger partial charge in [0.25, 0.3) is 0 Å². The van der Waals surface area contributed by atoms with Crippen LogP contribution in [0, 0.1) is 0 Å². The summed E-state index contributed by atoms with van der Waals surface area (Å²) in [5.74, 6) is 0.896. The van der Waals surface area contributed by atoms with Crippen molar-refractivity contribution in [2.45, 2.75) is 49.7 Å². The molecule has 4 aliphatic heterocycles. The van der Waals surface area contributed by atoms with E-state index in [0.29, 0.717) is 12.6 Å². The number of hydrogen-bond acceptors (Lipinski definition) is 6. The van der Waals surface area contributed by atoms with Crippen molar-refractivity contribution in [3.8, 4) is 17.1 Å². The van der Waals surface area contributed by atoms with Gasteiger partial charge >= 0.3 is 6.01 Å². The Balaban J connectivity index is 1.20. The van der Waals surface area contributed by atoms with Crippen LogP contribution in [-0.4, -0.2) is 76.1 Å². The Morgan fingerprint density at radius 3 is 2.67 bits per heavy atom. The highest BCUT2D eigenvalue weighted by Gasteiger charge is 2.49. The Labute approximate surface area is 250 Å². The fourth-order valence-corrected chi connectivity index (χ4v) is 8.28. The molecule has 1 unspecified atom stereocenters. The highest BCUT2D eigenvalue weighted by Crippen LogP contribution is 2.42. The fourth-order valence-electron chi connectivity index (χ4n) is 7.99. The molecule has 0 N–H and O–H groups in total. The van der Waals surface area contributed by atoms with Gasteiger partial charge in [0.2, 0.25) is 5.91 Å². The van der Waals surface area contributed by atoms with E-state index in [1.807, 2.05) is 17.0 Å². The summed E-state index contributed by atoms with van der Waals surface area (Å²) in [6.45, 7) is 8.11. The SMILES string of the molecule is C=CC(=O)N1CCC2[C@H]1CN2c1nc(OCC23CCCN2CCC3)nc2cc(-c3cccc4cccc(Cl)c34)ccc12. The molecule has 4 saturated heterocycles. The molecule has 0 aliphatic carbocycles. The van der Waals surface area contributed by atoms with Crippen LogP contribution < -0.4 is 9.64 Å². The molecule has 0 bridgehead atoms. The minimum absolute atomic E-state index is 0.00838. The maximum absolute atomic E-state index is 12.4. The van der Waals surface area contributed by atoms with Gasteiger partial charge in [0, 0.05) is 28.9 Å². The molecule has 0 spiro atoms. The number of benzene rings is 3. The zero-order chi connectivity index (χ0) is 28.4. The van der Waals surface area contributed by atoms with E-state index in [1.165, 1.54) is 31.8 Å². The zero-order valence-corrected chi connectivity index (χ0v) is 24.4. The second-order valence-electron chi connectivity index (χ2n) is 12.2. The third-order valence-electron chi connectivity index (χ3n) is 10.1. The molecule has 8 heteroatoms. The maximum Gasteiger partial charge on any atom is 0.319 e. The number of hydrogen-bond donors (Lipinski definition) is 0. The van der Waals surface area contributed by atoms with Crippen LogP contribution in [0.15, 0.2) is 67.3 Å². The van der Waals surface area contributed by atoms with Gasteiger partial charge in [0.15, 0.2) is 0 Å². The van der Waals surface area contributed by atoms with Gasteiger partial charge < -0.3 is 14.5 Å². The molecule has 1 amide bonds. The number of rotatable bonds is 6. The number of carbonyl (C=O) groups is 1. The second-order valence-corrected chi connectivity index (χ2v) is 12.6. The zero-order valence-electron chi connectivity index (χ0n) is 23.6. The van der Waals surface area contributed by atoms with Crippen LogP contribution in [0.2, 0.25) is 5.02 Å². The summed E-state index contributed by atoms with van der Waals surface area (Å²) in [5, 5.41) is 3.87. The number of aromatic nitrogens is 2. The molecule has 214 valence electrons. The van der Waals surface area contributed by atoms with Crippen molar-refractivity contribution < 1.29 is 9.53 Å². The third-order valence-corrected chi connectivity index (χ3v) is 10.4. The molecule has 4 aliphatic rings. The summed E-state index contributed by atoms with van der Waals surface area (Å²) in [6, 6.07) is 19.6. The first-order valence-electron chi connectivity index (χ1n) is 15.1. The molecule has 1 aromatic heterocycles. The van der Waals surface area contributed by atoms with Gasteiger partial charge in [-0.25, -0.2) is 0 Å². The number of carbonyl (C=O) groups excluding carboxylic acids is 1. The Bertz CT molecular complexity index is 1730. The highest BCUT2D eigenvalue weighted by molar-refractivity contribution is 6.36. The summed E-state index contributed by atoms with van der Waals surface area (Å²) < 4.78 is 6.50. The largest absolute Gasteiger partial charge is 0.461 e. The van der Waals surface area contributed by atoms with Crippen LogP contribution >= 0.6 is 11.6 Å². The number of fused-ring (bicyclic) bond motifs is 4. The van der Waals surface area contributed by atoms with Crippen LogP contribution in [0.1, 0.15) is 32.1 Å². The average molecular weight is 580 g/mol. The molecule has 8 rings (SSSR count). The van der Waals surface area contributed by atoms with Gasteiger partial charge in [-0.3, -0.25) is 9.69 Å². The number of amides is 1. The molecular formula is C34H34ClN5O2. The average Bonchev–Trinajstić information content (AvgIpc) is 3.68. The van der Waals surface area contributed by atoms with E-state index >= 15 is 0 Å². The Morgan fingerprint density at radius 2 is 1.86 bits per heavy atom. The van der Waals surface area contributed by atoms with Crippen LogP contribution in [0.25, 0.3) is 32.8 Å². The predicted molar refractivity (Wildman–Crippen MR) is 167 cm³/mol. The van der Waals surface area contributed by atoms with Crippen molar-refractivity contribution in [2.24, 2.45) is 0 Å². The summed E-state index contributed by atoms with van der Waals surface area (Å²) in [6.07, 6.45) is 7.12. The lowest BCUT2D eigenvalue weighted by Crippen LogP contribution is -2.63. The molecule has 4 aromatic rings. The smallest absolute Gasteiger partial charge is 0.319 e. The Kier molecular flexibility index (Phi) is 6.16. The first-order chi connectivity index (χ1) is 20.5. The first kappa shape index (κ1) is 26.0. The molecule has 7 nitrogen and oxygen atoms in total. The Morgan fingerprint density at radius 1 is 1.05 bits per heavy atom. The molecule has 0 saturated carbocycles. The van der Waals surface area contributed by atoms with Crippen LogP contribution in [0.5, 0.6) is 6.01 Å². The quantitative estimate of drug-likeness (QED) is 0.258. The van der Waals surface area contributed by atoms with Gasteiger partial charge in [-0.1, -0.05) is 54.6 Å². The minimum atomic E-state index is 0.00838. The number of halogens is 1. The van der Waals surface area contributed by atoms with Crippen LogP contribution in [0.4, 0.5) is 5.82 Å². The van der Waals surface area contributed by atoms with E-state index in [9.17, 15) is 4.79 Å². The summed E-state index contributed by atoms with van der Waals surface area (Å²) >= 11 is 6.70. The van der Waals surface area contributed by atoms with Gasteiger partial charge in [-0.15, -0.1) is 0 Å². The summed E-state index contributed by atoms with van der Waals surface area (Å²) in [4.78, 5) is 29.3. The molecule has 2 atom stereocenters. The predicted octanol–water partition coefficient (Wildman–Crippen LogP) is 6.09. The lowest BCUT2D eigenvalue weighted by molar-refractivity contribution is -0.127. The van der Waals surface area contributed by atoms with E-state index in [1.54, 1.807) is 0 Å². The number of anilines is 1. The maximum atomic E-state index is 12.4. The van der Waals surface area contributed by atoms with E-state index in [0.717, 1.165) is 76.2 Å². The molecule has 42 heavy (non-hydrogen) atoms. The first-order valence-corrected chi connectivity index (χ1v) is 15.5. The van der Waals surface area contributed by atoms with Crippen LogP contribution in [0.3, 0.4) is 0 Å². The lowest BCUT2D eigenvalue weighted by Gasteiger charge is -2.47. The minimum Gasteiger partial charge on any atom is -0.461 e. The van der Waals surface area contributed by atoms with Gasteiger partial charge in [0.1, 0.15) is 12.4 Å². The van der Waals surface area contributed by atoms with E-state index in [-0.39, 0.29) is 23.5 Å². The van der Waals surface area contributed by atoms with Gasteiger partial charge in [-0.2, -0.15) is 9.97 Å².